The van der Waals surface area contributed by atoms with Gasteiger partial charge in [-0.3, -0.25) is 4.98 Å². The van der Waals surface area contributed by atoms with Crippen molar-refractivity contribution in [2.75, 3.05) is 13.1 Å². The molecule has 25 heavy (non-hydrogen) atoms. The van der Waals surface area contributed by atoms with Gasteiger partial charge in [-0.15, -0.1) is 0 Å². The summed E-state index contributed by atoms with van der Waals surface area (Å²) in [5.41, 5.74) is 11.7. The van der Waals surface area contributed by atoms with Gasteiger partial charge in [0.15, 0.2) is 0 Å². The number of amidine groups is 1. The van der Waals surface area contributed by atoms with Crippen molar-refractivity contribution in [2.45, 2.75) is 26.7 Å². The predicted molar refractivity (Wildman–Crippen MR) is 100 cm³/mol. The lowest BCUT2D eigenvalue weighted by Crippen LogP contribution is -2.29. The maximum atomic E-state index is 5.60. The number of nitrogens with two attached hydrogens (primary N) is 1. The molecule has 0 aromatic carbocycles. The monoisotopic (exact) mass is 334 g/mol. The number of aryl methyl sites for hydroxylation is 2. The first-order valence-electron chi connectivity index (χ1n) is 8.62. The summed E-state index contributed by atoms with van der Waals surface area (Å²) in [7, 11) is 0. The highest BCUT2D eigenvalue weighted by atomic mass is 15.2. The van der Waals surface area contributed by atoms with E-state index in [-0.39, 0.29) is 0 Å². The van der Waals surface area contributed by atoms with Crippen molar-refractivity contribution < 1.29 is 0 Å². The molecule has 6 nitrogen and oxygen atoms in total. The van der Waals surface area contributed by atoms with Crippen LogP contribution in [0.15, 0.2) is 47.3 Å². The molecule has 0 amide bonds. The van der Waals surface area contributed by atoms with Crippen molar-refractivity contribution in [3.8, 4) is 0 Å². The Bertz CT molecular complexity index is 944. The number of fused-ring (bicyclic) bond motifs is 2. The van der Waals surface area contributed by atoms with E-state index in [9.17, 15) is 0 Å². The average Bonchev–Trinajstić information content (AvgIpc) is 3.03. The molecule has 0 saturated carbocycles. The molecule has 0 unspecified atom stereocenters. The number of allylic oxidation sites excluding steroid dienone is 2. The van der Waals surface area contributed by atoms with Crippen LogP contribution in [0.1, 0.15) is 29.9 Å². The Balaban J connectivity index is 1.61. The molecule has 0 fully saturated rings. The minimum absolute atomic E-state index is 0.720. The second-order valence-corrected chi connectivity index (χ2v) is 6.47. The minimum atomic E-state index is 0.720. The van der Waals surface area contributed by atoms with Crippen LogP contribution in [-0.2, 0) is 0 Å². The first-order chi connectivity index (χ1) is 12.1. The zero-order valence-electron chi connectivity index (χ0n) is 14.6. The highest BCUT2D eigenvalue weighted by Crippen LogP contribution is 2.24. The van der Waals surface area contributed by atoms with E-state index in [2.05, 4.69) is 45.5 Å². The smallest absolute Gasteiger partial charge is 0.133 e. The van der Waals surface area contributed by atoms with Crippen molar-refractivity contribution in [3.05, 3.63) is 59.3 Å². The van der Waals surface area contributed by atoms with E-state index in [0.717, 1.165) is 60.1 Å². The quantitative estimate of drug-likeness (QED) is 0.933. The van der Waals surface area contributed by atoms with Gasteiger partial charge in [0.1, 0.15) is 11.5 Å². The van der Waals surface area contributed by atoms with E-state index in [1.165, 1.54) is 5.57 Å². The Kier molecular flexibility index (Phi) is 3.97. The summed E-state index contributed by atoms with van der Waals surface area (Å²) in [4.78, 5) is 11.5. The highest BCUT2D eigenvalue weighted by molar-refractivity contribution is 6.00. The lowest BCUT2D eigenvalue weighted by atomic mass is 10.1. The Morgan fingerprint density at radius 3 is 2.96 bits per heavy atom. The van der Waals surface area contributed by atoms with Gasteiger partial charge >= 0.3 is 0 Å². The molecule has 0 bridgehead atoms. The fourth-order valence-electron chi connectivity index (χ4n) is 3.22. The van der Waals surface area contributed by atoms with Crippen molar-refractivity contribution >= 4 is 17.0 Å². The fraction of sp³-hybridized carbons (Fsp3) is 0.316. The first kappa shape index (κ1) is 15.8. The molecule has 0 radical (unpaired) electrons. The molecule has 128 valence electrons. The van der Waals surface area contributed by atoms with Gasteiger partial charge < -0.3 is 10.6 Å². The summed E-state index contributed by atoms with van der Waals surface area (Å²) in [6.45, 7) is 5.51. The third kappa shape index (κ3) is 3.00. The second kappa shape index (κ2) is 6.29. The van der Waals surface area contributed by atoms with E-state index in [1.807, 2.05) is 24.6 Å². The first-order valence-corrected chi connectivity index (χ1v) is 8.62. The average molecular weight is 334 g/mol. The van der Waals surface area contributed by atoms with Crippen LogP contribution in [0.25, 0.3) is 11.2 Å². The third-order valence-electron chi connectivity index (χ3n) is 4.47. The van der Waals surface area contributed by atoms with E-state index >= 15 is 0 Å². The van der Waals surface area contributed by atoms with Crippen molar-refractivity contribution in [1.29, 1.82) is 0 Å². The molecule has 2 N–H and O–H groups in total. The normalized spacial score (nSPS) is 16.6. The summed E-state index contributed by atoms with van der Waals surface area (Å²) >= 11 is 0. The molecule has 0 aliphatic carbocycles. The number of hydrogen-bond donors (Lipinski definition) is 1. The Morgan fingerprint density at radius 2 is 2.12 bits per heavy atom. The molecule has 0 saturated heterocycles. The van der Waals surface area contributed by atoms with Gasteiger partial charge in [-0.05, 0) is 57.0 Å². The van der Waals surface area contributed by atoms with E-state index in [0.29, 0.717) is 0 Å². The molecule has 2 aromatic heterocycles. The summed E-state index contributed by atoms with van der Waals surface area (Å²) in [6.07, 6.45) is 12.5. The molecular weight excluding hydrogens is 312 g/mol. The number of aliphatic imine (C=N–C) groups is 1. The molecular formula is C19H22N6. The molecule has 4 rings (SSSR count). The lowest BCUT2D eigenvalue weighted by Gasteiger charge is -2.26. The van der Waals surface area contributed by atoms with Gasteiger partial charge in [0.2, 0.25) is 0 Å². The molecule has 4 heterocycles. The number of nitrogens with zero attached hydrogens (tertiary/aromatic N) is 5. The van der Waals surface area contributed by atoms with Crippen LogP contribution in [-0.4, -0.2) is 38.4 Å². The van der Waals surface area contributed by atoms with Crippen molar-refractivity contribution in [3.63, 3.8) is 0 Å². The van der Waals surface area contributed by atoms with Crippen LogP contribution in [0, 0.1) is 13.8 Å². The number of hydrogen-bond acceptors (Lipinski definition) is 5. The standard InChI is InChI=1S/C19H22N6/c1-13-11-25-18(14(2)21-13)10-17(23-25)16-7-9-24-12-15(4-3-8-20)5-6-19(24)22-16/h5-7,10-12H,3-4,8-9,20H2,1-2H3. The lowest BCUT2D eigenvalue weighted by molar-refractivity contribution is 0.604. The van der Waals surface area contributed by atoms with E-state index in [4.69, 9.17) is 10.7 Å². The van der Waals surface area contributed by atoms with Gasteiger partial charge in [-0.2, -0.15) is 5.10 Å². The summed E-state index contributed by atoms with van der Waals surface area (Å²) in [5, 5.41) is 4.68. The SMILES string of the molecule is Cc1cn2nc(C3=CCN4C=C(CCCN)C=CC4=N3)cc2c(C)n1. The Hall–Kier alpha value is -2.73. The highest BCUT2D eigenvalue weighted by Gasteiger charge is 2.18. The molecule has 0 atom stereocenters. The van der Waals surface area contributed by atoms with E-state index in [1.54, 1.807) is 0 Å². The predicted octanol–water partition coefficient (Wildman–Crippen LogP) is 2.59. The maximum Gasteiger partial charge on any atom is 0.133 e. The van der Waals surface area contributed by atoms with Crippen molar-refractivity contribution in [2.24, 2.45) is 10.7 Å². The van der Waals surface area contributed by atoms with Crippen LogP contribution in [0.4, 0.5) is 0 Å². The van der Waals surface area contributed by atoms with E-state index < -0.39 is 0 Å². The zero-order valence-corrected chi connectivity index (χ0v) is 14.6. The number of aromatic nitrogens is 3. The molecule has 2 aromatic rings. The molecule has 6 heteroatoms. The molecule has 0 spiro atoms. The molecule has 2 aliphatic rings. The van der Waals surface area contributed by atoms with Gasteiger partial charge in [0.05, 0.1) is 28.8 Å². The van der Waals surface area contributed by atoms with Crippen molar-refractivity contribution in [1.82, 2.24) is 19.5 Å². The second-order valence-electron chi connectivity index (χ2n) is 6.47. The minimum Gasteiger partial charge on any atom is -0.330 e. The zero-order chi connectivity index (χ0) is 17.4. The van der Waals surface area contributed by atoms with Crippen LogP contribution in [0.5, 0.6) is 0 Å². The Morgan fingerprint density at radius 1 is 1.24 bits per heavy atom. The van der Waals surface area contributed by atoms with Gasteiger partial charge in [-0.1, -0.05) is 6.08 Å². The third-order valence-corrected chi connectivity index (χ3v) is 4.47. The molecule has 2 aliphatic heterocycles. The Labute approximate surface area is 147 Å². The fourth-order valence-corrected chi connectivity index (χ4v) is 3.22. The van der Waals surface area contributed by atoms with Gasteiger partial charge in [0, 0.05) is 12.7 Å². The van der Waals surface area contributed by atoms with Crippen LogP contribution >= 0.6 is 0 Å². The summed E-state index contributed by atoms with van der Waals surface area (Å²) in [5.74, 6) is 0.956. The number of rotatable bonds is 4. The summed E-state index contributed by atoms with van der Waals surface area (Å²) < 4.78 is 1.89. The van der Waals surface area contributed by atoms with Crippen LogP contribution in [0.2, 0.25) is 0 Å². The maximum absolute atomic E-state index is 5.60. The summed E-state index contributed by atoms with van der Waals surface area (Å²) in [6, 6.07) is 2.06. The van der Waals surface area contributed by atoms with Crippen LogP contribution in [0.3, 0.4) is 0 Å². The topological polar surface area (TPSA) is 71.8 Å². The van der Waals surface area contributed by atoms with Crippen LogP contribution < -0.4 is 5.73 Å². The largest absolute Gasteiger partial charge is 0.330 e. The van der Waals surface area contributed by atoms with Gasteiger partial charge in [-0.25, -0.2) is 9.51 Å². The van der Waals surface area contributed by atoms with Gasteiger partial charge in [0.25, 0.3) is 0 Å².